The number of benzene rings is 1. The van der Waals surface area contributed by atoms with Crippen LogP contribution >= 0.6 is 11.3 Å². The number of hydrogen-bond donors (Lipinski definition) is 2. The summed E-state index contributed by atoms with van der Waals surface area (Å²) in [4.78, 5) is 32.1. The molecule has 2 N–H and O–H groups in total. The van der Waals surface area contributed by atoms with Gasteiger partial charge in [-0.15, -0.1) is 11.3 Å². The number of carbonyl (C=O) groups is 2. The molecule has 11 heteroatoms. The van der Waals surface area contributed by atoms with Crippen molar-refractivity contribution >= 4 is 38.7 Å². The van der Waals surface area contributed by atoms with Crippen LogP contribution in [0.1, 0.15) is 80.2 Å². The lowest BCUT2D eigenvalue weighted by atomic mass is 9.80. The third kappa shape index (κ3) is 5.43. The zero-order valence-corrected chi connectivity index (χ0v) is 22.4. The highest BCUT2D eigenvalue weighted by atomic mass is 32.2. The largest absolute Gasteiger partial charge is 0.493 e. The quantitative estimate of drug-likeness (QED) is 0.341. The molecule has 2 heterocycles. The zero-order valence-electron chi connectivity index (χ0n) is 20.8. The maximum Gasteiger partial charge on any atom is 0.270 e. The number of sulfonamides is 1. The summed E-state index contributed by atoms with van der Waals surface area (Å²) in [5, 5.41) is 2.62. The summed E-state index contributed by atoms with van der Waals surface area (Å²) in [6.45, 7) is 4.20. The van der Waals surface area contributed by atoms with Crippen LogP contribution in [0.4, 0.5) is 4.39 Å². The van der Waals surface area contributed by atoms with Crippen LogP contribution in [0.15, 0.2) is 30.0 Å². The van der Waals surface area contributed by atoms with Crippen LogP contribution in [-0.4, -0.2) is 37.1 Å². The molecular weight excluding hydrogens is 517 g/mol. The number of unbranched alkanes of at least 4 members (excludes halogenated alkanes) is 1. The summed E-state index contributed by atoms with van der Waals surface area (Å²) in [5.74, 6) is -1.47. The van der Waals surface area contributed by atoms with Gasteiger partial charge in [0.2, 0.25) is 10.0 Å². The average Bonchev–Trinajstić information content (AvgIpc) is 3.76. The maximum absolute atomic E-state index is 15.3. The standard InChI is InChI=1S/C26H30FN3O5S2/c1-3-4-11-35-16-7-10-19(20(27)12-16)26(2)13-18(25-28-14-21(36-25)15-5-6-15)22(23(31)29-26)24(32)30-37(33,34)17-8-9-17/h7,10,12,14-15,17H,3-6,8-9,11,13H2,1-2H3,(H,29,31)(H,30,32). The van der Waals surface area contributed by atoms with E-state index in [9.17, 15) is 18.0 Å². The fraction of sp³-hybridized carbons (Fsp3) is 0.500. The predicted octanol–water partition coefficient (Wildman–Crippen LogP) is 4.14. The predicted molar refractivity (Wildman–Crippen MR) is 138 cm³/mol. The molecule has 0 radical (unpaired) electrons. The number of hydrogen-bond acceptors (Lipinski definition) is 7. The first-order valence-electron chi connectivity index (χ1n) is 12.6. The second-order valence-corrected chi connectivity index (χ2v) is 13.2. The number of amides is 2. The monoisotopic (exact) mass is 547 g/mol. The van der Waals surface area contributed by atoms with E-state index in [1.165, 1.54) is 17.4 Å². The molecule has 2 aliphatic carbocycles. The molecule has 1 atom stereocenters. The topological polar surface area (TPSA) is 114 Å². The summed E-state index contributed by atoms with van der Waals surface area (Å²) >= 11 is 1.39. The van der Waals surface area contributed by atoms with E-state index in [0.717, 1.165) is 30.6 Å². The lowest BCUT2D eigenvalue weighted by Gasteiger charge is -2.37. The van der Waals surface area contributed by atoms with Gasteiger partial charge in [-0.3, -0.25) is 9.59 Å². The molecule has 8 nitrogen and oxygen atoms in total. The van der Waals surface area contributed by atoms with Crippen molar-refractivity contribution in [2.24, 2.45) is 0 Å². The third-order valence-electron chi connectivity index (χ3n) is 6.94. The molecule has 0 bridgehead atoms. The molecule has 0 spiro atoms. The van der Waals surface area contributed by atoms with Gasteiger partial charge in [0.15, 0.2) is 0 Å². The van der Waals surface area contributed by atoms with Crippen molar-refractivity contribution in [3.05, 3.63) is 51.2 Å². The highest BCUT2D eigenvalue weighted by Crippen LogP contribution is 2.46. The van der Waals surface area contributed by atoms with Crippen molar-refractivity contribution in [1.29, 1.82) is 0 Å². The van der Waals surface area contributed by atoms with Crippen molar-refractivity contribution in [3.63, 3.8) is 0 Å². The van der Waals surface area contributed by atoms with Gasteiger partial charge in [-0.25, -0.2) is 22.5 Å². The van der Waals surface area contributed by atoms with Crippen LogP contribution in [0.2, 0.25) is 0 Å². The van der Waals surface area contributed by atoms with Gasteiger partial charge in [0.1, 0.15) is 22.1 Å². The molecular formula is C26H30FN3O5S2. The minimum absolute atomic E-state index is 0.0650. The van der Waals surface area contributed by atoms with Crippen molar-refractivity contribution < 1.29 is 27.1 Å². The molecule has 1 aliphatic heterocycles. The number of aromatic nitrogens is 1. The van der Waals surface area contributed by atoms with Gasteiger partial charge in [0, 0.05) is 34.7 Å². The van der Waals surface area contributed by atoms with Gasteiger partial charge in [0.05, 0.1) is 17.4 Å². The third-order valence-corrected chi connectivity index (χ3v) is 9.98. The number of carbonyl (C=O) groups excluding carboxylic acids is 2. The normalized spacial score (nSPS) is 22.1. The summed E-state index contributed by atoms with van der Waals surface area (Å²) < 4.78 is 47.9. The molecule has 2 fully saturated rings. The Balaban J connectivity index is 1.50. The minimum Gasteiger partial charge on any atom is -0.493 e. The van der Waals surface area contributed by atoms with E-state index in [1.807, 2.05) is 6.92 Å². The Bertz CT molecular complexity index is 1380. The van der Waals surface area contributed by atoms with Crippen LogP contribution < -0.4 is 14.8 Å². The van der Waals surface area contributed by atoms with Gasteiger partial charge in [-0.1, -0.05) is 19.4 Å². The highest BCUT2D eigenvalue weighted by molar-refractivity contribution is 7.91. The molecule has 0 saturated heterocycles. The van der Waals surface area contributed by atoms with Crippen LogP contribution in [0, 0.1) is 5.82 Å². The molecule has 1 unspecified atom stereocenters. The Kier molecular flexibility index (Phi) is 6.86. The molecule has 37 heavy (non-hydrogen) atoms. The van der Waals surface area contributed by atoms with Gasteiger partial charge in [-0.2, -0.15) is 0 Å². The number of rotatable bonds is 10. The average molecular weight is 548 g/mol. The van der Waals surface area contributed by atoms with E-state index >= 15 is 4.39 Å². The molecule has 1 aromatic heterocycles. The van der Waals surface area contributed by atoms with E-state index in [0.29, 0.717) is 41.7 Å². The Morgan fingerprint density at radius 3 is 2.70 bits per heavy atom. The number of nitrogens with one attached hydrogen (secondary N) is 2. The number of ether oxygens (including phenoxy) is 1. The Morgan fingerprint density at radius 1 is 1.30 bits per heavy atom. The molecule has 198 valence electrons. The first kappa shape index (κ1) is 25.8. The fourth-order valence-corrected chi connectivity index (χ4v) is 6.93. The smallest absolute Gasteiger partial charge is 0.270 e. The lowest BCUT2D eigenvalue weighted by Crippen LogP contribution is -2.51. The van der Waals surface area contributed by atoms with Crippen molar-refractivity contribution in [2.75, 3.05) is 6.61 Å². The van der Waals surface area contributed by atoms with Gasteiger partial charge >= 0.3 is 0 Å². The number of thiazole rings is 1. The second kappa shape index (κ2) is 9.83. The van der Waals surface area contributed by atoms with E-state index < -0.39 is 38.4 Å². The van der Waals surface area contributed by atoms with Gasteiger partial charge in [-0.05, 0) is 51.0 Å². The first-order chi connectivity index (χ1) is 17.6. The van der Waals surface area contributed by atoms with E-state index in [-0.39, 0.29) is 17.6 Å². The fourth-order valence-electron chi connectivity index (χ4n) is 4.51. The highest BCUT2D eigenvalue weighted by Gasteiger charge is 2.44. The maximum atomic E-state index is 15.3. The van der Waals surface area contributed by atoms with Crippen molar-refractivity contribution in [3.8, 4) is 5.75 Å². The van der Waals surface area contributed by atoms with Crippen LogP contribution in [0.5, 0.6) is 5.75 Å². The van der Waals surface area contributed by atoms with E-state index in [2.05, 4.69) is 15.0 Å². The second-order valence-electron chi connectivity index (χ2n) is 10.2. The summed E-state index contributed by atoms with van der Waals surface area (Å²) in [6, 6.07) is 4.54. The Labute approximate surface area is 219 Å². The van der Waals surface area contributed by atoms with Crippen LogP contribution in [0.25, 0.3) is 5.57 Å². The van der Waals surface area contributed by atoms with Crippen LogP contribution in [-0.2, 0) is 25.2 Å². The van der Waals surface area contributed by atoms with Crippen molar-refractivity contribution in [2.45, 2.75) is 75.5 Å². The number of halogens is 1. The van der Waals surface area contributed by atoms with Crippen molar-refractivity contribution in [1.82, 2.24) is 15.0 Å². The Morgan fingerprint density at radius 2 is 2.05 bits per heavy atom. The summed E-state index contributed by atoms with van der Waals surface area (Å²) in [5.41, 5.74) is -0.930. The van der Waals surface area contributed by atoms with Gasteiger partial charge in [0.25, 0.3) is 11.8 Å². The summed E-state index contributed by atoms with van der Waals surface area (Å²) in [6.07, 6.45) is 6.69. The molecule has 5 rings (SSSR count). The first-order valence-corrected chi connectivity index (χ1v) is 15.0. The minimum atomic E-state index is -3.87. The summed E-state index contributed by atoms with van der Waals surface area (Å²) in [7, 11) is -3.87. The Hall–Kier alpha value is -2.79. The zero-order chi connectivity index (χ0) is 26.4. The lowest BCUT2D eigenvalue weighted by molar-refractivity contribution is -0.124. The molecule has 3 aliphatic rings. The van der Waals surface area contributed by atoms with Crippen LogP contribution in [0.3, 0.4) is 0 Å². The number of nitrogens with zero attached hydrogens (tertiary/aromatic N) is 1. The van der Waals surface area contributed by atoms with E-state index in [4.69, 9.17) is 4.74 Å². The molecule has 2 aromatic rings. The SMILES string of the molecule is CCCCOc1ccc(C2(C)CC(c3ncc(C4CC4)s3)=C(C(=O)NS(=O)(=O)C3CC3)C(=O)N2)c(F)c1. The molecule has 1 aromatic carbocycles. The molecule has 2 saturated carbocycles. The molecule has 2 amide bonds. The van der Waals surface area contributed by atoms with Gasteiger partial charge < -0.3 is 10.1 Å². The van der Waals surface area contributed by atoms with E-state index in [1.54, 1.807) is 25.3 Å².